The number of benzene rings is 1. The van der Waals surface area contributed by atoms with Gasteiger partial charge in [-0.2, -0.15) is 0 Å². The Bertz CT molecular complexity index is 546. The van der Waals surface area contributed by atoms with Gasteiger partial charge in [-0.3, -0.25) is 4.98 Å². The van der Waals surface area contributed by atoms with Crippen LogP contribution in [0.25, 0.3) is 0 Å². The lowest BCUT2D eigenvalue weighted by Crippen LogP contribution is -2.15. The first-order valence-electron chi connectivity index (χ1n) is 6.09. The Morgan fingerprint density at radius 3 is 2.79 bits per heavy atom. The number of nitrogens with zero attached hydrogens (tertiary/aromatic N) is 2. The molecule has 2 aromatic rings. The molecule has 1 aromatic carbocycles. The van der Waals surface area contributed by atoms with Crippen molar-refractivity contribution in [2.75, 3.05) is 13.7 Å². The van der Waals surface area contributed by atoms with Gasteiger partial charge in [-0.25, -0.2) is 4.98 Å². The van der Waals surface area contributed by atoms with Crippen LogP contribution in [-0.4, -0.2) is 23.7 Å². The molecule has 5 heteroatoms. The maximum absolute atomic E-state index is 6.22. The summed E-state index contributed by atoms with van der Waals surface area (Å²) in [4.78, 5) is 8.35. The van der Waals surface area contributed by atoms with Crippen LogP contribution >= 0.6 is 0 Å². The van der Waals surface area contributed by atoms with Crippen molar-refractivity contribution < 1.29 is 9.47 Å². The van der Waals surface area contributed by atoms with Crippen LogP contribution in [0.1, 0.15) is 24.2 Å². The van der Waals surface area contributed by atoms with Crippen molar-refractivity contribution in [1.82, 2.24) is 9.97 Å². The molecule has 100 valence electrons. The molecule has 0 aliphatic carbocycles. The van der Waals surface area contributed by atoms with E-state index in [2.05, 4.69) is 9.97 Å². The number of nitrogens with two attached hydrogens (primary N) is 1. The van der Waals surface area contributed by atoms with Crippen molar-refractivity contribution in [2.24, 2.45) is 5.73 Å². The zero-order valence-electron chi connectivity index (χ0n) is 11.0. The first-order chi connectivity index (χ1) is 9.26. The number of methoxy groups -OCH3 is 1. The first kappa shape index (κ1) is 13.3. The molecule has 0 amide bonds. The number of ether oxygens (including phenoxy) is 2. The maximum atomic E-state index is 6.22. The van der Waals surface area contributed by atoms with Crippen LogP contribution in [0.2, 0.25) is 0 Å². The van der Waals surface area contributed by atoms with Crippen LogP contribution in [0.4, 0.5) is 0 Å². The van der Waals surface area contributed by atoms with Gasteiger partial charge in [0.2, 0.25) is 5.88 Å². The van der Waals surface area contributed by atoms with E-state index in [1.165, 1.54) is 0 Å². The average Bonchev–Trinajstić information content (AvgIpc) is 2.47. The van der Waals surface area contributed by atoms with Crippen molar-refractivity contribution in [2.45, 2.75) is 13.0 Å². The highest BCUT2D eigenvalue weighted by atomic mass is 16.5. The van der Waals surface area contributed by atoms with E-state index in [0.29, 0.717) is 18.2 Å². The largest absolute Gasteiger partial charge is 0.494 e. The Morgan fingerprint density at radius 2 is 2.05 bits per heavy atom. The molecular formula is C14H17N3O2. The highest BCUT2D eigenvalue weighted by molar-refractivity contribution is 5.36. The van der Waals surface area contributed by atoms with Gasteiger partial charge < -0.3 is 15.2 Å². The van der Waals surface area contributed by atoms with Gasteiger partial charge >= 0.3 is 0 Å². The Hall–Kier alpha value is -2.14. The van der Waals surface area contributed by atoms with Crippen molar-refractivity contribution in [3.8, 4) is 11.6 Å². The van der Waals surface area contributed by atoms with E-state index in [9.17, 15) is 0 Å². The molecule has 2 N–H and O–H groups in total. The number of rotatable bonds is 5. The molecule has 0 spiro atoms. The quantitative estimate of drug-likeness (QED) is 0.888. The summed E-state index contributed by atoms with van der Waals surface area (Å²) in [6.45, 7) is 2.56. The van der Waals surface area contributed by atoms with Crippen molar-refractivity contribution in [1.29, 1.82) is 0 Å². The highest BCUT2D eigenvalue weighted by Gasteiger charge is 2.16. The van der Waals surface area contributed by atoms with Gasteiger partial charge in [-0.15, -0.1) is 0 Å². The molecule has 2 rings (SSSR count). The molecule has 0 bridgehead atoms. The SMILES string of the molecule is CCOc1cccc(C(N)c2nccnc2OC)c1. The fourth-order valence-electron chi connectivity index (χ4n) is 1.83. The topological polar surface area (TPSA) is 70.3 Å². The zero-order chi connectivity index (χ0) is 13.7. The molecule has 1 atom stereocenters. The normalized spacial score (nSPS) is 11.9. The fraction of sp³-hybridized carbons (Fsp3) is 0.286. The molecule has 1 aromatic heterocycles. The predicted molar refractivity (Wildman–Crippen MR) is 72.2 cm³/mol. The molecule has 0 fully saturated rings. The van der Waals surface area contributed by atoms with Gasteiger partial charge in [0.25, 0.3) is 0 Å². The Labute approximate surface area is 112 Å². The van der Waals surface area contributed by atoms with Crippen LogP contribution in [0.3, 0.4) is 0 Å². The number of hydrogen-bond donors (Lipinski definition) is 1. The molecule has 0 aliphatic rings. The number of hydrogen-bond acceptors (Lipinski definition) is 5. The second kappa shape index (κ2) is 6.15. The molecule has 1 unspecified atom stereocenters. The van der Waals surface area contributed by atoms with Crippen molar-refractivity contribution >= 4 is 0 Å². The van der Waals surface area contributed by atoms with Crippen LogP contribution in [0.5, 0.6) is 11.6 Å². The molecule has 0 saturated carbocycles. The van der Waals surface area contributed by atoms with Crippen LogP contribution in [0.15, 0.2) is 36.7 Å². The summed E-state index contributed by atoms with van der Waals surface area (Å²) in [5, 5.41) is 0. The van der Waals surface area contributed by atoms with E-state index in [4.69, 9.17) is 15.2 Å². The van der Waals surface area contributed by atoms with Gasteiger partial charge in [-0.1, -0.05) is 12.1 Å². The van der Waals surface area contributed by atoms with Gasteiger partial charge in [0.05, 0.1) is 19.8 Å². The summed E-state index contributed by atoms with van der Waals surface area (Å²) in [6, 6.07) is 7.24. The van der Waals surface area contributed by atoms with Crippen LogP contribution in [0, 0.1) is 0 Å². The van der Waals surface area contributed by atoms with Crippen LogP contribution < -0.4 is 15.2 Å². The Kier molecular flexibility index (Phi) is 4.30. The molecule has 0 radical (unpaired) electrons. The molecule has 0 aliphatic heterocycles. The van der Waals surface area contributed by atoms with Crippen molar-refractivity contribution in [3.05, 3.63) is 47.9 Å². The van der Waals surface area contributed by atoms with Crippen molar-refractivity contribution in [3.63, 3.8) is 0 Å². The summed E-state index contributed by atoms with van der Waals surface area (Å²) >= 11 is 0. The van der Waals surface area contributed by atoms with E-state index in [1.54, 1.807) is 19.5 Å². The summed E-state index contributed by atoms with van der Waals surface area (Å²) in [5.41, 5.74) is 7.74. The molecule has 5 nitrogen and oxygen atoms in total. The fourth-order valence-corrected chi connectivity index (χ4v) is 1.83. The average molecular weight is 259 g/mol. The lowest BCUT2D eigenvalue weighted by atomic mass is 10.0. The molecule has 19 heavy (non-hydrogen) atoms. The minimum atomic E-state index is -0.399. The van der Waals surface area contributed by atoms with E-state index in [1.807, 2.05) is 31.2 Å². The second-order valence-electron chi connectivity index (χ2n) is 3.93. The van der Waals surface area contributed by atoms with Gasteiger partial charge in [-0.05, 0) is 24.6 Å². The van der Waals surface area contributed by atoms with Gasteiger partial charge in [0.1, 0.15) is 11.4 Å². The van der Waals surface area contributed by atoms with Gasteiger partial charge in [0.15, 0.2) is 0 Å². The van der Waals surface area contributed by atoms with E-state index < -0.39 is 6.04 Å². The third kappa shape index (κ3) is 3.00. The smallest absolute Gasteiger partial charge is 0.237 e. The maximum Gasteiger partial charge on any atom is 0.237 e. The predicted octanol–water partition coefficient (Wildman–Crippen LogP) is 1.93. The lowest BCUT2D eigenvalue weighted by Gasteiger charge is -2.14. The minimum Gasteiger partial charge on any atom is -0.494 e. The zero-order valence-corrected chi connectivity index (χ0v) is 11.0. The Morgan fingerprint density at radius 1 is 1.26 bits per heavy atom. The van der Waals surface area contributed by atoms with E-state index in [-0.39, 0.29) is 0 Å². The minimum absolute atomic E-state index is 0.399. The standard InChI is InChI=1S/C14H17N3O2/c1-3-19-11-6-4-5-10(9-11)12(15)13-14(18-2)17-8-7-16-13/h4-9,12H,3,15H2,1-2H3. The van der Waals surface area contributed by atoms with E-state index in [0.717, 1.165) is 11.3 Å². The second-order valence-corrected chi connectivity index (χ2v) is 3.93. The molecule has 0 saturated heterocycles. The summed E-state index contributed by atoms with van der Waals surface area (Å²) in [7, 11) is 1.55. The third-order valence-corrected chi connectivity index (χ3v) is 2.71. The molecular weight excluding hydrogens is 242 g/mol. The monoisotopic (exact) mass is 259 g/mol. The van der Waals surface area contributed by atoms with E-state index >= 15 is 0 Å². The summed E-state index contributed by atoms with van der Waals surface area (Å²) in [6.07, 6.45) is 3.18. The first-order valence-corrected chi connectivity index (χ1v) is 6.09. The highest BCUT2D eigenvalue weighted by Crippen LogP contribution is 2.26. The third-order valence-electron chi connectivity index (χ3n) is 2.71. The Balaban J connectivity index is 2.32. The number of aromatic nitrogens is 2. The molecule has 1 heterocycles. The lowest BCUT2D eigenvalue weighted by molar-refractivity contribution is 0.339. The van der Waals surface area contributed by atoms with Crippen LogP contribution in [-0.2, 0) is 0 Å². The summed E-state index contributed by atoms with van der Waals surface area (Å²) < 4.78 is 10.6. The summed E-state index contributed by atoms with van der Waals surface area (Å²) in [5.74, 6) is 1.23. The van der Waals surface area contributed by atoms with Gasteiger partial charge in [0, 0.05) is 12.4 Å².